The third-order valence-corrected chi connectivity index (χ3v) is 4.09. The highest BCUT2D eigenvalue weighted by atomic mass is 16.4. The van der Waals surface area contributed by atoms with Crippen molar-refractivity contribution < 1.29 is 20.1 Å². The van der Waals surface area contributed by atoms with Crippen LogP contribution in [0.25, 0.3) is 0 Å². The first-order valence-corrected chi connectivity index (χ1v) is 9.55. The van der Waals surface area contributed by atoms with Crippen molar-refractivity contribution >= 4 is 5.97 Å². The molecule has 0 aliphatic carbocycles. The second kappa shape index (κ2) is 10.7. The number of hydrogen-bond donors (Lipinski definition) is 3. The number of aromatic hydroxyl groups is 2. The Morgan fingerprint density at radius 3 is 1.24 bits per heavy atom. The molecule has 0 unspecified atom stereocenters. The SMILES string of the molecule is C=CC(=O)O.Cc1ccc(O)c(C(C)(C)C)c1.Cc1ccc(O)c(C(C)(C)C)c1. The van der Waals surface area contributed by atoms with E-state index in [1.807, 2.05) is 38.1 Å². The van der Waals surface area contributed by atoms with Crippen LogP contribution in [-0.4, -0.2) is 21.3 Å². The van der Waals surface area contributed by atoms with E-state index in [1.54, 1.807) is 12.1 Å². The van der Waals surface area contributed by atoms with Gasteiger partial charge in [0.1, 0.15) is 11.5 Å². The predicted octanol–water partition coefficient (Wildman–Crippen LogP) is 6.25. The summed E-state index contributed by atoms with van der Waals surface area (Å²) >= 11 is 0. The van der Waals surface area contributed by atoms with Crippen molar-refractivity contribution in [1.29, 1.82) is 0 Å². The summed E-state index contributed by atoms with van der Waals surface area (Å²) in [5.74, 6) is -0.189. The molecule has 0 spiro atoms. The molecule has 2 aromatic rings. The molecule has 4 heteroatoms. The highest BCUT2D eigenvalue weighted by Crippen LogP contribution is 2.31. The normalized spacial score (nSPS) is 10.8. The Morgan fingerprint density at radius 2 is 1.07 bits per heavy atom. The lowest BCUT2D eigenvalue weighted by Crippen LogP contribution is -2.11. The van der Waals surface area contributed by atoms with Gasteiger partial charge >= 0.3 is 5.97 Å². The lowest BCUT2D eigenvalue weighted by molar-refractivity contribution is -0.131. The van der Waals surface area contributed by atoms with Crippen LogP contribution in [0.2, 0.25) is 0 Å². The molecule has 2 aromatic carbocycles. The molecule has 0 bridgehead atoms. The maximum Gasteiger partial charge on any atom is 0.327 e. The van der Waals surface area contributed by atoms with E-state index in [1.165, 1.54) is 11.1 Å². The minimum absolute atomic E-state index is 0.0239. The monoisotopic (exact) mass is 400 g/mol. The van der Waals surface area contributed by atoms with E-state index in [2.05, 4.69) is 48.1 Å². The molecule has 0 aromatic heterocycles. The van der Waals surface area contributed by atoms with Crippen LogP contribution in [0.3, 0.4) is 0 Å². The number of rotatable bonds is 1. The largest absolute Gasteiger partial charge is 0.508 e. The number of phenolic OH excluding ortho intramolecular Hbond substituents is 2. The van der Waals surface area contributed by atoms with Crippen molar-refractivity contribution in [1.82, 2.24) is 0 Å². The van der Waals surface area contributed by atoms with Crippen LogP contribution in [0.1, 0.15) is 63.8 Å². The van der Waals surface area contributed by atoms with Crippen molar-refractivity contribution in [2.45, 2.75) is 66.2 Å². The van der Waals surface area contributed by atoms with Gasteiger partial charge in [-0.3, -0.25) is 0 Å². The Bertz CT molecular complexity index is 760. The van der Waals surface area contributed by atoms with E-state index < -0.39 is 5.97 Å². The van der Waals surface area contributed by atoms with Gasteiger partial charge in [-0.2, -0.15) is 0 Å². The van der Waals surface area contributed by atoms with Gasteiger partial charge in [0.05, 0.1) is 0 Å². The summed E-state index contributed by atoms with van der Waals surface area (Å²) in [5, 5.41) is 26.7. The molecular formula is C25H36O4. The zero-order chi connectivity index (χ0) is 23.0. The number of phenols is 2. The van der Waals surface area contributed by atoms with Gasteiger partial charge in [0.2, 0.25) is 0 Å². The first kappa shape index (κ1) is 26.2. The Kier molecular flexibility index (Phi) is 9.69. The van der Waals surface area contributed by atoms with E-state index in [4.69, 9.17) is 5.11 Å². The lowest BCUT2D eigenvalue weighted by Gasteiger charge is -2.20. The molecule has 0 radical (unpaired) electrons. The number of carboxylic acid groups (broad SMARTS) is 1. The first-order valence-electron chi connectivity index (χ1n) is 9.55. The van der Waals surface area contributed by atoms with Gasteiger partial charge in [-0.1, -0.05) is 83.5 Å². The second-order valence-electron chi connectivity index (χ2n) is 9.08. The number of aliphatic carboxylic acids is 1. The lowest BCUT2D eigenvalue weighted by atomic mass is 9.85. The van der Waals surface area contributed by atoms with Gasteiger partial charge in [-0.25, -0.2) is 4.79 Å². The Labute approximate surface area is 175 Å². The fourth-order valence-corrected chi connectivity index (χ4v) is 2.50. The van der Waals surface area contributed by atoms with Gasteiger partial charge in [0, 0.05) is 6.08 Å². The first-order chi connectivity index (χ1) is 13.1. The fraction of sp³-hybridized carbons (Fsp3) is 0.400. The zero-order valence-electron chi connectivity index (χ0n) is 19.0. The standard InChI is InChI=1S/2C11H16O.C3H4O2/c2*1-8-5-6-10(12)9(7-8)11(2,3)4;1-2-3(4)5/h2*5-7,12H,1-4H3;2H,1H2,(H,4,5). The highest BCUT2D eigenvalue weighted by molar-refractivity contribution is 5.78. The Morgan fingerprint density at radius 1 is 0.793 bits per heavy atom. The van der Waals surface area contributed by atoms with Crippen LogP contribution < -0.4 is 0 Å². The van der Waals surface area contributed by atoms with Gasteiger partial charge in [-0.05, 0) is 47.9 Å². The maximum atomic E-state index is 9.57. The molecule has 2 rings (SSSR count). The van der Waals surface area contributed by atoms with Crippen LogP contribution in [0.15, 0.2) is 49.1 Å². The van der Waals surface area contributed by atoms with Crippen LogP contribution >= 0.6 is 0 Å². The van der Waals surface area contributed by atoms with Crippen LogP contribution in [0.4, 0.5) is 0 Å². The van der Waals surface area contributed by atoms with E-state index in [0.717, 1.165) is 17.2 Å². The minimum atomic E-state index is -0.981. The smallest absolute Gasteiger partial charge is 0.327 e. The van der Waals surface area contributed by atoms with Crippen LogP contribution in [0.5, 0.6) is 11.5 Å². The molecule has 0 fully saturated rings. The summed E-state index contributed by atoms with van der Waals surface area (Å²) in [6.45, 7) is 19.6. The summed E-state index contributed by atoms with van der Waals surface area (Å²) in [6.07, 6.45) is 0.833. The fourth-order valence-electron chi connectivity index (χ4n) is 2.50. The molecule has 0 saturated heterocycles. The molecule has 160 valence electrons. The Hall–Kier alpha value is -2.75. The summed E-state index contributed by atoms with van der Waals surface area (Å²) in [7, 11) is 0. The van der Waals surface area contributed by atoms with E-state index in [0.29, 0.717) is 11.5 Å². The maximum absolute atomic E-state index is 9.57. The van der Waals surface area contributed by atoms with Gasteiger partial charge in [0.15, 0.2) is 0 Å². The second-order valence-corrected chi connectivity index (χ2v) is 9.08. The molecule has 0 amide bonds. The molecule has 0 aliphatic rings. The third kappa shape index (κ3) is 9.84. The average Bonchev–Trinajstić information content (AvgIpc) is 2.58. The molecule has 0 heterocycles. The zero-order valence-corrected chi connectivity index (χ0v) is 19.0. The third-order valence-electron chi connectivity index (χ3n) is 4.09. The van der Waals surface area contributed by atoms with Gasteiger partial charge in [-0.15, -0.1) is 0 Å². The van der Waals surface area contributed by atoms with Crippen molar-refractivity contribution in [3.63, 3.8) is 0 Å². The van der Waals surface area contributed by atoms with Crippen LogP contribution in [-0.2, 0) is 15.6 Å². The van der Waals surface area contributed by atoms with E-state index in [-0.39, 0.29) is 10.8 Å². The van der Waals surface area contributed by atoms with E-state index >= 15 is 0 Å². The molecule has 29 heavy (non-hydrogen) atoms. The van der Waals surface area contributed by atoms with Gasteiger partial charge in [0.25, 0.3) is 0 Å². The average molecular weight is 401 g/mol. The van der Waals surface area contributed by atoms with Crippen molar-refractivity contribution in [3.8, 4) is 11.5 Å². The van der Waals surface area contributed by atoms with Crippen molar-refractivity contribution in [2.24, 2.45) is 0 Å². The molecule has 0 atom stereocenters. The minimum Gasteiger partial charge on any atom is -0.508 e. The predicted molar refractivity (Wildman–Crippen MR) is 121 cm³/mol. The number of carbonyl (C=O) groups is 1. The van der Waals surface area contributed by atoms with Gasteiger partial charge < -0.3 is 15.3 Å². The van der Waals surface area contributed by atoms with Crippen LogP contribution in [0, 0.1) is 13.8 Å². The summed E-state index contributed by atoms with van der Waals surface area (Å²) < 4.78 is 0. The Balaban J connectivity index is 0.000000442. The van der Waals surface area contributed by atoms with Crippen molar-refractivity contribution in [2.75, 3.05) is 0 Å². The quantitative estimate of drug-likeness (QED) is 0.494. The molecule has 0 saturated carbocycles. The summed E-state index contributed by atoms with van der Waals surface area (Å²) in [4.78, 5) is 9.25. The molecule has 4 nitrogen and oxygen atoms in total. The molecule has 0 aliphatic heterocycles. The van der Waals surface area contributed by atoms with Crippen molar-refractivity contribution in [3.05, 3.63) is 71.3 Å². The topological polar surface area (TPSA) is 77.8 Å². The number of benzene rings is 2. The summed E-state index contributed by atoms with van der Waals surface area (Å²) in [6, 6.07) is 11.4. The number of carboxylic acids is 1. The van der Waals surface area contributed by atoms with E-state index in [9.17, 15) is 15.0 Å². The molecule has 3 N–H and O–H groups in total. The number of hydrogen-bond acceptors (Lipinski definition) is 3. The molecular weight excluding hydrogens is 364 g/mol. The number of aryl methyl sites for hydroxylation is 2. The highest BCUT2D eigenvalue weighted by Gasteiger charge is 2.18. The summed E-state index contributed by atoms with van der Waals surface area (Å²) in [5.41, 5.74) is 4.46.